The van der Waals surface area contributed by atoms with E-state index in [0.717, 1.165) is 40.9 Å². The van der Waals surface area contributed by atoms with Crippen molar-refractivity contribution in [2.45, 2.75) is 45.6 Å². The van der Waals surface area contributed by atoms with Gasteiger partial charge in [0.05, 0.1) is 7.11 Å². The number of Topliss-reactive ketones (excluding diaryl/α,β-unsaturated/α-hetero) is 1. The molecule has 3 aromatic rings. The van der Waals surface area contributed by atoms with Crippen molar-refractivity contribution in [3.05, 3.63) is 106 Å². The molecule has 1 amide bonds. The zero-order chi connectivity index (χ0) is 26.6. The molecule has 0 unspecified atom stereocenters. The van der Waals surface area contributed by atoms with Crippen molar-refractivity contribution >= 4 is 17.5 Å². The molecule has 7 heteroatoms. The van der Waals surface area contributed by atoms with E-state index in [0.29, 0.717) is 41.5 Å². The lowest BCUT2D eigenvalue weighted by Gasteiger charge is -2.34. The number of ketones is 1. The van der Waals surface area contributed by atoms with Crippen LogP contribution in [0.3, 0.4) is 0 Å². The highest BCUT2D eigenvalue weighted by Crippen LogP contribution is 2.44. The molecule has 2 heterocycles. The van der Waals surface area contributed by atoms with Gasteiger partial charge in [0, 0.05) is 41.1 Å². The molecule has 0 saturated carbocycles. The van der Waals surface area contributed by atoms with Gasteiger partial charge in [-0.05, 0) is 61.6 Å². The van der Waals surface area contributed by atoms with Crippen LogP contribution in [0.4, 0.5) is 5.82 Å². The summed E-state index contributed by atoms with van der Waals surface area (Å²) >= 11 is 0. The van der Waals surface area contributed by atoms with Crippen LogP contribution in [0.15, 0.2) is 89.4 Å². The van der Waals surface area contributed by atoms with Crippen LogP contribution in [-0.4, -0.2) is 23.8 Å². The minimum atomic E-state index is -0.540. The SMILES string of the molecule is COc1cc([C@@H]2C(C(=O)Nc3ccc(C)cn3)=C(C)NC3=C2C(=O)CCC3)ccc1OCc1ccccc1. The Morgan fingerprint density at radius 2 is 1.87 bits per heavy atom. The fourth-order valence-electron chi connectivity index (χ4n) is 5.06. The Balaban J connectivity index is 1.51. The molecule has 2 aromatic carbocycles. The number of aromatic nitrogens is 1. The number of hydrogen-bond donors (Lipinski definition) is 2. The number of allylic oxidation sites excluding steroid dienone is 3. The number of pyridine rings is 1. The molecule has 0 saturated heterocycles. The van der Waals surface area contributed by atoms with Gasteiger partial charge in [-0.15, -0.1) is 0 Å². The van der Waals surface area contributed by atoms with Crippen molar-refractivity contribution in [2.75, 3.05) is 12.4 Å². The topological polar surface area (TPSA) is 89.5 Å². The summed E-state index contributed by atoms with van der Waals surface area (Å²) in [5.74, 6) is 0.801. The second-order valence-electron chi connectivity index (χ2n) is 9.63. The molecular weight excluding hydrogens is 478 g/mol. The van der Waals surface area contributed by atoms with Crippen molar-refractivity contribution in [3.63, 3.8) is 0 Å². The third kappa shape index (κ3) is 5.18. The van der Waals surface area contributed by atoms with Crippen LogP contribution in [0, 0.1) is 6.92 Å². The van der Waals surface area contributed by atoms with Gasteiger partial charge in [-0.2, -0.15) is 0 Å². The number of nitrogens with zero attached hydrogens (tertiary/aromatic N) is 1. The van der Waals surface area contributed by atoms with Crippen LogP contribution in [-0.2, 0) is 16.2 Å². The van der Waals surface area contributed by atoms with Crippen LogP contribution < -0.4 is 20.1 Å². The summed E-state index contributed by atoms with van der Waals surface area (Å²) in [5, 5.41) is 6.27. The number of ether oxygens (including phenoxy) is 2. The maximum atomic E-state index is 13.7. The Bertz CT molecular complexity index is 1430. The van der Waals surface area contributed by atoms with Gasteiger partial charge < -0.3 is 20.1 Å². The number of carbonyl (C=O) groups is 2. The number of rotatable bonds is 7. The highest BCUT2D eigenvalue weighted by atomic mass is 16.5. The Morgan fingerprint density at radius 3 is 2.61 bits per heavy atom. The lowest BCUT2D eigenvalue weighted by Crippen LogP contribution is -2.35. The smallest absolute Gasteiger partial charge is 0.255 e. The first-order valence-electron chi connectivity index (χ1n) is 12.8. The summed E-state index contributed by atoms with van der Waals surface area (Å²) in [6.45, 7) is 4.21. The minimum Gasteiger partial charge on any atom is -0.493 e. The maximum absolute atomic E-state index is 13.7. The minimum absolute atomic E-state index is 0.0541. The predicted molar refractivity (Wildman–Crippen MR) is 146 cm³/mol. The Morgan fingerprint density at radius 1 is 1.05 bits per heavy atom. The zero-order valence-electron chi connectivity index (χ0n) is 21.8. The molecule has 2 N–H and O–H groups in total. The number of nitrogens with one attached hydrogen (secondary N) is 2. The number of amides is 1. The molecule has 1 atom stereocenters. The van der Waals surface area contributed by atoms with E-state index in [4.69, 9.17) is 9.47 Å². The first kappa shape index (κ1) is 25.3. The van der Waals surface area contributed by atoms with Crippen LogP contribution in [0.2, 0.25) is 0 Å². The van der Waals surface area contributed by atoms with Crippen LogP contribution in [0.25, 0.3) is 0 Å². The lowest BCUT2D eigenvalue weighted by molar-refractivity contribution is -0.116. The third-order valence-corrected chi connectivity index (χ3v) is 6.93. The maximum Gasteiger partial charge on any atom is 0.255 e. The molecule has 0 radical (unpaired) electrons. The summed E-state index contributed by atoms with van der Waals surface area (Å²) in [6.07, 6.45) is 3.71. The van der Waals surface area contributed by atoms with Crippen LogP contribution in [0.5, 0.6) is 11.5 Å². The molecule has 2 aliphatic rings. The number of carbonyl (C=O) groups excluding carboxylic acids is 2. The van der Waals surface area contributed by atoms with Gasteiger partial charge in [0.1, 0.15) is 12.4 Å². The largest absolute Gasteiger partial charge is 0.493 e. The molecular formula is C31H31N3O4. The molecule has 194 valence electrons. The van der Waals surface area contributed by atoms with Crippen molar-refractivity contribution in [1.29, 1.82) is 0 Å². The van der Waals surface area contributed by atoms with Crippen molar-refractivity contribution in [2.24, 2.45) is 0 Å². The van der Waals surface area contributed by atoms with Crippen LogP contribution >= 0.6 is 0 Å². The first-order valence-corrected chi connectivity index (χ1v) is 12.8. The van der Waals surface area contributed by atoms with Gasteiger partial charge in [0.25, 0.3) is 5.91 Å². The molecule has 1 aromatic heterocycles. The zero-order valence-corrected chi connectivity index (χ0v) is 21.8. The number of anilines is 1. The standard InChI is InChI=1S/C31H31N3O4/c1-19-12-15-27(32-17-19)34-31(36)28-20(2)33-23-10-7-11-24(35)30(23)29(28)22-13-14-25(26(16-22)37-3)38-18-21-8-5-4-6-9-21/h4-6,8-9,12-17,29,33H,7,10-11,18H2,1-3H3,(H,32,34,36)/t29-/m1/s1. The Kier molecular flexibility index (Phi) is 7.26. The molecule has 1 aliphatic heterocycles. The fourth-order valence-corrected chi connectivity index (χ4v) is 5.06. The van der Waals surface area contributed by atoms with E-state index in [9.17, 15) is 9.59 Å². The molecule has 1 aliphatic carbocycles. The summed E-state index contributed by atoms with van der Waals surface area (Å²) in [5.41, 5.74) is 5.57. The molecule has 5 rings (SSSR count). The van der Waals surface area contributed by atoms with E-state index in [-0.39, 0.29) is 11.7 Å². The third-order valence-electron chi connectivity index (χ3n) is 6.93. The average Bonchev–Trinajstić information content (AvgIpc) is 2.93. The van der Waals surface area contributed by atoms with Crippen molar-refractivity contribution in [1.82, 2.24) is 10.3 Å². The highest BCUT2D eigenvalue weighted by Gasteiger charge is 2.38. The summed E-state index contributed by atoms with van der Waals surface area (Å²) in [7, 11) is 1.59. The number of benzene rings is 2. The summed E-state index contributed by atoms with van der Waals surface area (Å²) in [4.78, 5) is 31.2. The quantitative estimate of drug-likeness (QED) is 0.432. The number of dihydropyridines is 1. The fraction of sp³-hybridized carbons (Fsp3) is 0.258. The second kappa shape index (κ2) is 10.9. The molecule has 0 spiro atoms. The van der Waals surface area contributed by atoms with E-state index >= 15 is 0 Å². The van der Waals surface area contributed by atoms with E-state index in [1.165, 1.54) is 0 Å². The van der Waals surface area contributed by atoms with Gasteiger partial charge >= 0.3 is 0 Å². The summed E-state index contributed by atoms with van der Waals surface area (Å²) in [6, 6.07) is 19.2. The number of hydrogen-bond acceptors (Lipinski definition) is 6. The monoisotopic (exact) mass is 509 g/mol. The van der Waals surface area contributed by atoms with E-state index in [2.05, 4.69) is 15.6 Å². The Labute approximate surface area is 222 Å². The molecule has 0 fully saturated rings. The van der Waals surface area contributed by atoms with Gasteiger partial charge in [-0.3, -0.25) is 9.59 Å². The van der Waals surface area contributed by atoms with Gasteiger partial charge in [0.15, 0.2) is 17.3 Å². The van der Waals surface area contributed by atoms with Gasteiger partial charge in [-0.25, -0.2) is 4.98 Å². The van der Waals surface area contributed by atoms with Gasteiger partial charge in [-0.1, -0.05) is 42.5 Å². The Hall–Kier alpha value is -4.39. The van der Waals surface area contributed by atoms with Crippen molar-refractivity contribution in [3.8, 4) is 11.5 Å². The van der Waals surface area contributed by atoms with Crippen LogP contribution in [0.1, 0.15) is 48.8 Å². The molecule has 0 bridgehead atoms. The van der Waals surface area contributed by atoms with E-state index in [1.54, 1.807) is 19.4 Å². The molecule has 7 nitrogen and oxygen atoms in total. The number of aryl methyl sites for hydroxylation is 1. The molecule has 38 heavy (non-hydrogen) atoms. The average molecular weight is 510 g/mol. The summed E-state index contributed by atoms with van der Waals surface area (Å²) < 4.78 is 11.7. The van der Waals surface area contributed by atoms with E-state index in [1.807, 2.05) is 68.4 Å². The first-order chi connectivity index (χ1) is 18.4. The number of methoxy groups -OCH3 is 1. The second-order valence-corrected chi connectivity index (χ2v) is 9.63. The van der Waals surface area contributed by atoms with Crippen molar-refractivity contribution < 1.29 is 19.1 Å². The predicted octanol–water partition coefficient (Wildman–Crippen LogP) is 5.58. The lowest BCUT2D eigenvalue weighted by atomic mass is 9.75. The normalized spacial score (nSPS) is 17.0. The van der Waals surface area contributed by atoms with E-state index < -0.39 is 5.92 Å². The highest BCUT2D eigenvalue weighted by molar-refractivity contribution is 6.09. The van der Waals surface area contributed by atoms with Gasteiger partial charge in [0.2, 0.25) is 0 Å².